The Labute approximate surface area is 124 Å². The largest absolute Gasteiger partial charge is 0.497 e. The molecular weight excluding hydrogens is 268 g/mol. The number of carbonyl (C=O) groups is 1. The van der Waals surface area contributed by atoms with E-state index in [2.05, 4.69) is 16.6 Å². The third kappa shape index (κ3) is 4.97. The average molecular weight is 286 g/mol. The van der Waals surface area contributed by atoms with Crippen molar-refractivity contribution in [2.24, 2.45) is 0 Å². The number of hydrogen-bond donors (Lipinski definition) is 0. The van der Waals surface area contributed by atoms with E-state index in [1.165, 1.54) is 13.2 Å². The van der Waals surface area contributed by atoms with Gasteiger partial charge in [-0.3, -0.25) is 0 Å². The summed E-state index contributed by atoms with van der Waals surface area (Å²) < 4.78 is 15.1. The van der Waals surface area contributed by atoms with Gasteiger partial charge in [0.05, 0.1) is 20.3 Å². The maximum absolute atomic E-state index is 10.9. The quantitative estimate of drug-likeness (QED) is 0.361. The SMILES string of the molecule is COC(=O)/C=C/[C@@H]1O[C@H]1CCC#Cc1cccc(OC)c1. The Hall–Kier alpha value is -2.25. The lowest BCUT2D eigenvalue weighted by Crippen LogP contribution is -1.96. The predicted octanol–water partition coefficient (Wildman–Crippen LogP) is 2.32. The number of methoxy groups -OCH3 is 2. The molecule has 0 spiro atoms. The van der Waals surface area contributed by atoms with Crippen LogP contribution in [-0.4, -0.2) is 32.4 Å². The van der Waals surface area contributed by atoms with Gasteiger partial charge < -0.3 is 14.2 Å². The Morgan fingerprint density at radius 2 is 2.29 bits per heavy atom. The first kappa shape index (κ1) is 15.1. The van der Waals surface area contributed by atoms with Crippen molar-refractivity contribution in [1.29, 1.82) is 0 Å². The van der Waals surface area contributed by atoms with Gasteiger partial charge in [0, 0.05) is 18.1 Å². The highest BCUT2D eigenvalue weighted by molar-refractivity contribution is 5.81. The second-order valence-corrected chi connectivity index (χ2v) is 4.59. The second kappa shape index (κ2) is 7.51. The predicted molar refractivity (Wildman–Crippen MR) is 78.9 cm³/mol. The van der Waals surface area contributed by atoms with Crippen LogP contribution < -0.4 is 4.74 Å². The molecule has 4 nitrogen and oxygen atoms in total. The van der Waals surface area contributed by atoms with Crippen LogP contribution in [0.15, 0.2) is 36.4 Å². The van der Waals surface area contributed by atoms with Gasteiger partial charge in [0.15, 0.2) is 0 Å². The number of carbonyl (C=O) groups excluding carboxylic acids is 1. The Balaban J connectivity index is 1.73. The molecule has 1 aromatic carbocycles. The topological polar surface area (TPSA) is 48.1 Å². The molecule has 1 aliphatic heterocycles. The lowest BCUT2D eigenvalue weighted by atomic mass is 10.1. The van der Waals surface area contributed by atoms with Crippen LogP contribution in [0.5, 0.6) is 5.75 Å². The summed E-state index contributed by atoms with van der Waals surface area (Å²) in [6.07, 6.45) is 4.91. The Kier molecular flexibility index (Phi) is 5.42. The van der Waals surface area contributed by atoms with Gasteiger partial charge in [0.1, 0.15) is 11.9 Å². The van der Waals surface area contributed by atoms with E-state index in [1.54, 1.807) is 13.2 Å². The first-order valence-electron chi connectivity index (χ1n) is 6.77. The molecule has 4 heteroatoms. The van der Waals surface area contributed by atoms with Gasteiger partial charge in [-0.15, -0.1) is 0 Å². The molecule has 0 radical (unpaired) electrons. The first-order chi connectivity index (χ1) is 10.2. The van der Waals surface area contributed by atoms with Crippen molar-refractivity contribution in [3.05, 3.63) is 42.0 Å². The molecule has 1 heterocycles. The third-order valence-electron chi connectivity index (χ3n) is 3.10. The minimum absolute atomic E-state index is 0.0164. The average Bonchev–Trinajstić information content (AvgIpc) is 3.28. The fraction of sp³-hybridized carbons (Fsp3) is 0.353. The highest BCUT2D eigenvalue weighted by Gasteiger charge is 2.35. The summed E-state index contributed by atoms with van der Waals surface area (Å²) in [6.45, 7) is 0. The zero-order valence-electron chi connectivity index (χ0n) is 12.2. The molecule has 2 atom stereocenters. The molecule has 110 valence electrons. The van der Waals surface area contributed by atoms with Gasteiger partial charge in [-0.1, -0.05) is 17.9 Å². The van der Waals surface area contributed by atoms with Crippen molar-refractivity contribution < 1.29 is 19.0 Å². The molecule has 0 amide bonds. The van der Waals surface area contributed by atoms with Crippen LogP contribution in [0.4, 0.5) is 0 Å². The van der Waals surface area contributed by atoms with Crippen LogP contribution in [0.3, 0.4) is 0 Å². The van der Waals surface area contributed by atoms with E-state index in [9.17, 15) is 4.79 Å². The van der Waals surface area contributed by atoms with E-state index in [1.807, 2.05) is 24.3 Å². The van der Waals surface area contributed by atoms with Gasteiger partial charge >= 0.3 is 5.97 Å². The van der Waals surface area contributed by atoms with E-state index in [-0.39, 0.29) is 18.2 Å². The first-order valence-corrected chi connectivity index (χ1v) is 6.77. The smallest absolute Gasteiger partial charge is 0.330 e. The number of epoxide rings is 1. The summed E-state index contributed by atoms with van der Waals surface area (Å²) in [4.78, 5) is 10.9. The molecule has 1 aliphatic rings. The van der Waals surface area contributed by atoms with Gasteiger partial charge in [-0.05, 0) is 30.7 Å². The van der Waals surface area contributed by atoms with Crippen LogP contribution in [0, 0.1) is 11.8 Å². The summed E-state index contributed by atoms with van der Waals surface area (Å²) in [5.74, 6) is 6.67. The maximum atomic E-state index is 10.9. The van der Waals surface area contributed by atoms with Crippen LogP contribution in [0.1, 0.15) is 18.4 Å². The zero-order chi connectivity index (χ0) is 15.1. The molecule has 1 fully saturated rings. The number of hydrogen-bond acceptors (Lipinski definition) is 4. The van der Waals surface area contributed by atoms with Crippen LogP contribution >= 0.6 is 0 Å². The normalized spacial score (nSPS) is 19.7. The summed E-state index contributed by atoms with van der Waals surface area (Å²) in [6, 6.07) is 7.66. The maximum Gasteiger partial charge on any atom is 0.330 e. The van der Waals surface area contributed by atoms with Crippen LogP contribution in [0.25, 0.3) is 0 Å². The zero-order valence-corrected chi connectivity index (χ0v) is 12.2. The second-order valence-electron chi connectivity index (χ2n) is 4.59. The van der Waals surface area contributed by atoms with Crippen LogP contribution in [-0.2, 0) is 14.3 Å². The number of esters is 1. The van der Waals surface area contributed by atoms with E-state index < -0.39 is 0 Å². The highest BCUT2D eigenvalue weighted by Crippen LogP contribution is 2.27. The molecule has 0 unspecified atom stereocenters. The molecule has 0 saturated carbocycles. The molecule has 2 rings (SSSR count). The number of ether oxygens (including phenoxy) is 3. The molecule has 1 saturated heterocycles. The van der Waals surface area contributed by atoms with E-state index >= 15 is 0 Å². The monoisotopic (exact) mass is 286 g/mol. The fourth-order valence-corrected chi connectivity index (χ4v) is 1.88. The lowest BCUT2D eigenvalue weighted by molar-refractivity contribution is -0.134. The van der Waals surface area contributed by atoms with Crippen molar-refractivity contribution in [1.82, 2.24) is 0 Å². The van der Waals surface area contributed by atoms with E-state index in [0.29, 0.717) is 0 Å². The van der Waals surface area contributed by atoms with Crippen LogP contribution in [0.2, 0.25) is 0 Å². The molecule has 1 aromatic rings. The molecular formula is C17H18O4. The van der Waals surface area contributed by atoms with Crippen molar-refractivity contribution >= 4 is 5.97 Å². The summed E-state index contributed by atoms with van der Waals surface area (Å²) in [5.41, 5.74) is 0.938. The van der Waals surface area contributed by atoms with Crippen molar-refractivity contribution in [2.45, 2.75) is 25.0 Å². The molecule has 21 heavy (non-hydrogen) atoms. The Morgan fingerprint density at radius 3 is 3.05 bits per heavy atom. The lowest BCUT2D eigenvalue weighted by Gasteiger charge is -1.98. The van der Waals surface area contributed by atoms with Crippen molar-refractivity contribution in [2.75, 3.05) is 14.2 Å². The fourth-order valence-electron chi connectivity index (χ4n) is 1.88. The molecule has 0 aliphatic carbocycles. The summed E-state index contributed by atoms with van der Waals surface area (Å²) >= 11 is 0. The van der Waals surface area contributed by atoms with Gasteiger partial charge in [-0.2, -0.15) is 0 Å². The van der Waals surface area contributed by atoms with Gasteiger partial charge in [0.2, 0.25) is 0 Å². The Bertz CT molecular complexity index is 580. The van der Waals surface area contributed by atoms with E-state index in [4.69, 9.17) is 9.47 Å². The standard InChI is InChI=1S/C17H18O4/c1-19-14-8-5-7-13(12-14)6-3-4-9-15-16(21-15)10-11-17(18)20-2/h5,7-8,10-12,15-16H,4,9H2,1-2H3/b11-10+/t15-,16-/m0/s1. The summed E-state index contributed by atoms with van der Waals surface area (Å²) in [5, 5.41) is 0. The van der Waals surface area contributed by atoms with Crippen molar-refractivity contribution in [3.63, 3.8) is 0 Å². The molecule has 0 aromatic heterocycles. The highest BCUT2D eigenvalue weighted by atomic mass is 16.6. The number of rotatable bonds is 5. The van der Waals surface area contributed by atoms with Gasteiger partial charge in [-0.25, -0.2) is 4.79 Å². The minimum atomic E-state index is -0.359. The van der Waals surface area contributed by atoms with Crippen molar-refractivity contribution in [3.8, 4) is 17.6 Å². The molecule has 0 N–H and O–H groups in total. The van der Waals surface area contributed by atoms with E-state index in [0.717, 1.165) is 24.2 Å². The molecule has 0 bridgehead atoms. The summed E-state index contributed by atoms with van der Waals surface area (Å²) in [7, 11) is 2.99. The number of benzene rings is 1. The third-order valence-corrected chi connectivity index (χ3v) is 3.10. The van der Waals surface area contributed by atoms with Gasteiger partial charge in [0.25, 0.3) is 0 Å². The Morgan fingerprint density at radius 1 is 1.43 bits per heavy atom. The minimum Gasteiger partial charge on any atom is -0.497 e.